The van der Waals surface area contributed by atoms with Gasteiger partial charge in [-0.25, -0.2) is 9.69 Å². The van der Waals surface area contributed by atoms with Crippen LogP contribution in [0.25, 0.3) is 0 Å². The number of hydrogen-bond donors (Lipinski definition) is 1. The molecule has 3 aromatic carbocycles. The van der Waals surface area contributed by atoms with E-state index in [1.54, 1.807) is 12.1 Å². The van der Waals surface area contributed by atoms with Crippen LogP contribution in [0.1, 0.15) is 44.4 Å². The van der Waals surface area contributed by atoms with Crippen LogP contribution in [0.2, 0.25) is 0 Å². The van der Waals surface area contributed by atoms with E-state index in [1.165, 1.54) is 17.0 Å². The van der Waals surface area contributed by atoms with Crippen LogP contribution in [-0.2, 0) is 9.59 Å². The van der Waals surface area contributed by atoms with Crippen LogP contribution >= 0.6 is 0 Å². The first-order chi connectivity index (χ1) is 14.6. The molecule has 3 aromatic rings. The van der Waals surface area contributed by atoms with Crippen molar-refractivity contribution in [1.82, 2.24) is 0 Å². The molecule has 0 unspecified atom stereocenters. The number of imide groups is 1. The van der Waals surface area contributed by atoms with E-state index >= 15 is 0 Å². The molecule has 0 radical (unpaired) electrons. The molecule has 2 amide bonds. The maximum absolute atomic E-state index is 13.6. The van der Waals surface area contributed by atoms with E-state index in [0.717, 1.165) is 22.3 Å². The average Bonchev–Trinajstić information content (AvgIpc) is 3.04. The second-order valence-corrected chi connectivity index (χ2v) is 8.13. The number of aromatic carboxylic acids is 1. The average molecular weight is 395 g/mol. The molecule has 0 spiro atoms. The molecule has 1 N–H and O–H groups in total. The lowest BCUT2D eigenvalue weighted by Gasteiger charge is -2.45. The first-order valence-corrected chi connectivity index (χ1v) is 9.96. The molecule has 1 saturated heterocycles. The summed E-state index contributed by atoms with van der Waals surface area (Å²) in [6.45, 7) is 0. The number of carbonyl (C=O) groups excluding carboxylic acids is 2. The molecule has 0 saturated carbocycles. The summed E-state index contributed by atoms with van der Waals surface area (Å²) in [6, 6.07) is 22.2. The number of nitrogens with zero attached hydrogens (tertiary/aromatic N) is 1. The van der Waals surface area contributed by atoms with Crippen LogP contribution in [0.4, 0.5) is 5.69 Å². The van der Waals surface area contributed by atoms with Gasteiger partial charge < -0.3 is 5.11 Å². The van der Waals surface area contributed by atoms with Gasteiger partial charge in [0.15, 0.2) is 0 Å². The van der Waals surface area contributed by atoms with Crippen LogP contribution in [0, 0.1) is 11.8 Å². The van der Waals surface area contributed by atoms with Crippen molar-refractivity contribution < 1.29 is 19.5 Å². The third-order valence-electron chi connectivity index (χ3n) is 6.80. The lowest BCUT2D eigenvalue weighted by molar-refractivity contribution is -0.122. The Bertz CT molecular complexity index is 1150. The fraction of sp³-hybridized carbons (Fsp3) is 0.160. The summed E-state index contributed by atoms with van der Waals surface area (Å²) < 4.78 is 0. The smallest absolute Gasteiger partial charge is 0.335 e. The summed E-state index contributed by atoms with van der Waals surface area (Å²) in [4.78, 5) is 39.8. The Morgan fingerprint density at radius 3 is 1.60 bits per heavy atom. The van der Waals surface area contributed by atoms with Crippen molar-refractivity contribution in [2.45, 2.75) is 11.8 Å². The standard InChI is InChI=1S/C25H17NO4/c27-23-21-19-15-8-1-2-9-16(15)20(18-11-4-3-10-17(18)19)22(21)24(28)26(23)14-7-5-6-13(12-14)25(29)30/h1-12,19-22H,(H,29,30)/t19?,20?,21-,22-/m1/s1. The lowest BCUT2D eigenvalue weighted by atomic mass is 9.55. The Hall–Kier alpha value is -3.73. The van der Waals surface area contributed by atoms with Gasteiger partial charge in [-0.05, 0) is 40.5 Å². The molecule has 1 heterocycles. The zero-order valence-electron chi connectivity index (χ0n) is 15.9. The Balaban J connectivity index is 1.54. The number of carboxylic acid groups (broad SMARTS) is 1. The number of carboxylic acids is 1. The van der Waals surface area contributed by atoms with E-state index < -0.39 is 17.8 Å². The van der Waals surface area contributed by atoms with Crippen LogP contribution in [-0.4, -0.2) is 22.9 Å². The number of hydrogen-bond acceptors (Lipinski definition) is 3. The molecule has 4 aliphatic rings. The topological polar surface area (TPSA) is 74.7 Å². The van der Waals surface area contributed by atoms with Crippen LogP contribution in [0.15, 0.2) is 72.8 Å². The highest BCUT2D eigenvalue weighted by Crippen LogP contribution is 2.61. The SMILES string of the molecule is O=C(O)c1cccc(N2C(=O)[C@@H]3C4c5ccccc5C(c5ccccc54)[C@H]3C2=O)c1. The maximum Gasteiger partial charge on any atom is 0.335 e. The van der Waals surface area contributed by atoms with Crippen LogP contribution in [0.3, 0.4) is 0 Å². The van der Waals surface area contributed by atoms with Gasteiger partial charge in [0.2, 0.25) is 11.8 Å². The predicted molar refractivity (Wildman–Crippen MR) is 109 cm³/mol. The zero-order valence-corrected chi connectivity index (χ0v) is 15.9. The Morgan fingerprint density at radius 2 is 1.17 bits per heavy atom. The summed E-state index contributed by atoms with van der Waals surface area (Å²) in [5.74, 6) is -2.86. The van der Waals surface area contributed by atoms with Gasteiger partial charge in [0, 0.05) is 11.8 Å². The molecule has 1 fully saturated rings. The Morgan fingerprint density at radius 1 is 0.700 bits per heavy atom. The highest BCUT2D eigenvalue weighted by atomic mass is 16.4. The second kappa shape index (κ2) is 5.89. The van der Waals surface area contributed by atoms with E-state index in [4.69, 9.17) is 0 Å². The van der Waals surface area contributed by atoms with E-state index in [9.17, 15) is 19.5 Å². The van der Waals surface area contributed by atoms with Gasteiger partial charge >= 0.3 is 5.97 Å². The molecule has 3 aliphatic carbocycles. The van der Waals surface area contributed by atoms with E-state index in [0.29, 0.717) is 5.69 Å². The minimum atomic E-state index is -1.09. The fourth-order valence-electron chi connectivity index (χ4n) is 5.71. The minimum Gasteiger partial charge on any atom is -0.478 e. The second-order valence-electron chi connectivity index (χ2n) is 8.13. The molecule has 146 valence electrons. The minimum absolute atomic E-state index is 0.0533. The maximum atomic E-state index is 13.6. The third kappa shape index (κ3) is 2.04. The molecule has 7 rings (SSSR count). The molecule has 30 heavy (non-hydrogen) atoms. The molecule has 5 nitrogen and oxygen atoms in total. The highest BCUT2D eigenvalue weighted by molar-refractivity contribution is 6.23. The summed E-state index contributed by atoms with van der Waals surface area (Å²) in [6.07, 6.45) is 0. The molecular formula is C25H17NO4. The van der Waals surface area contributed by atoms with E-state index in [-0.39, 0.29) is 29.2 Å². The summed E-state index contributed by atoms with van der Waals surface area (Å²) in [5, 5.41) is 9.33. The lowest BCUT2D eigenvalue weighted by Crippen LogP contribution is -2.41. The summed E-state index contributed by atoms with van der Waals surface area (Å²) in [7, 11) is 0. The summed E-state index contributed by atoms with van der Waals surface area (Å²) >= 11 is 0. The van der Waals surface area contributed by atoms with Gasteiger partial charge in [-0.2, -0.15) is 0 Å². The molecule has 5 heteroatoms. The Labute approximate surface area is 172 Å². The predicted octanol–water partition coefficient (Wildman–Crippen LogP) is 3.78. The quantitative estimate of drug-likeness (QED) is 0.670. The van der Waals surface area contributed by atoms with Gasteiger partial charge in [-0.1, -0.05) is 54.6 Å². The molecule has 2 atom stereocenters. The number of amides is 2. The zero-order chi connectivity index (χ0) is 20.6. The van der Waals surface area contributed by atoms with Crippen LogP contribution in [0.5, 0.6) is 0 Å². The van der Waals surface area contributed by atoms with Gasteiger partial charge in [0.1, 0.15) is 0 Å². The molecule has 0 aromatic heterocycles. The van der Waals surface area contributed by atoms with Gasteiger partial charge in [0.25, 0.3) is 0 Å². The van der Waals surface area contributed by atoms with Crippen molar-refractivity contribution >= 4 is 23.5 Å². The largest absolute Gasteiger partial charge is 0.478 e. The Kier molecular flexibility index (Phi) is 3.37. The van der Waals surface area contributed by atoms with E-state index in [2.05, 4.69) is 24.3 Å². The first-order valence-electron chi connectivity index (χ1n) is 9.96. The highest BCUT2D eigenvalue weighted by Gasteiger charge is 2.61. The van der Waals surface area contributed by atoms with Crippen molar-refractivity contribution in [1.29, 1.82) is 0 Å². The fourth-order valence-corrected chi connectivity index (χ4v) is 5.71. The van der Waals surface area contributed by atoms with E-state index in [1.807, 2.05) is 24.3 Å². The number of carbonyl (C=O) groups is 3. The van der Waals surface area contributed by atoms with Gasteiger partial charge in [-0.3, -0.25) is 9.59 Å². The monoisotopic (exact) mass is 395 g/mol. The van der Waals surface area contributed by atoms with Gasteiger partial charge in [-0.15, -0.1) is 0 Å². The van der Waals surface area contributed by atoms with Crippen molar-refractivity contribution in [3.63, 3.8) is 0 Å². The first kappa shape index (κ1) is 17.2. The van der Waals surface area contributed by atoms with Crippen molar-refractivity contribution in [2.75, 3.05) is 4.90 Å². The van der Waals surface area contributed by atoms with Gasteiger partial charge in [0.05, 0.1) is 23.1 Å². The molecule has 1 aliphatic heterocycles. The number of anilines is 1. The molecular weight excluding hydrogens is 378 g/mol. The third-order valence-corrected chi connectivity index (χ3v) is 6.80. The summed E-state index contributed by atoms with van der Waals surface area (Å²) in [5.41, 5.74) is 4.84. The number of rotatable bonds is 2. The normalized spacial score (nSPS) is 25.7. The molecule has 2 bridgehead atoms. The van der Waals surface area contributed by atoms with Crippen molar-refractivity contribution in [3.8, 4) is 0 Å². The van der Waals surface area contributed by atoms with Crippen molar-refractivity contribution in [3.05, 3.63) is 101 Å². The van der Waals surface area contributed by atoms with Crippen molar-refractivity contribution in [2.24, 2.45) is 11.8 Å². The number of benzene rings is 3. The van der Waals surface area contributed by atoms with Crippen LogP contribution < -0.4 is 4.90 Å².